The van der Waals surface area contributed by atoms with Crippen LogP contribution in [0.5, 0.6) is 5.75 Å². The number of rotatable bonds is 4. The number of nitro benzene ring substituents is 1. The zero-order valence-electron chi connectivity index (χ0n) is 16.0. The highest BCUT2D eigenvalue weighted by molar-refractivity contribution is 6.08. The minimum atomic E-state index is -0.405. The average Bonchev–Trinajstić information content (AvgIpc) is 3.19. The van der Waals surface area contributed by atoms with Gasteiger partial charge in [0.1, 0.15) is 11.4 Å². The van der Waals surface area contributed by atoms with Crippen LogP contribution in [0.15, 0.2) is 79.0 Å². The van der Waals surface area contributed by atoms with Crippen molar-refractivity contribution in [3.8, 4) is 22.7 Å². The summed E-state index contributed by atoms with van der Waals surface area (Å²) in [5.74, 6) is 0.722. The monoisotopic (exact) mass is 396 g/mol. The van der Waals surface area contributed by atoms with Crippen LogP contribution >= 0.6 is 0 Å². The Balaban J connectivity index is 1.87. The second kappa shape index (κ2) is 6.97. The van der Waals surface area contributed by atoms with Gasteiger partial charge < -0.3 is 4.74 Å². The van der Waals surface area contributed by atoms with Gasteiger partial charge in [-0.15, -0.1) is 0 Å². The highest BCUT2D eigenvalue weighted by atomic mass is 16.6. The molecule has 0 aliphatic carbocycles. The Hall–Kier alpha value is -4.26. The van der Waals surface area contributed by atoms with Gasteiger partial charge >= 0.3 is 0 Å². The van der Waals surface area contributed by atoms with Gasteiger partial charge in [0.2, 0.25) is 0 Å². The SMILES string of the molecule is COc1cccc(-c2nn(-c3cccc([N+](=O)[O-])c3)c3c2cnc2ccccc23)c1. The van der Waals surface area contributed by atoms with Crippen molar-refractivity contribution in [2.75, 3.05) is 7.11 Å². The Morgan fingerprint density at radius 2 is 1.80 bits per heavy atom. The number of aromatic nitrogens is 3. The molecule has 0 amide bonds. The molecule has 5 aromatic rings. The van der Waals surface area contributed by atoms with Crippen LogP contribution in [0, 0.1) is 10.1 Å². The summed E-state index contributed by atoms with van der Waals surface area (Å²) in [5.41, 5.74) is 3.90. The fourth-order valence-corrected chi connectivity index (χ4v) is 3.64. The lowest BCUT2D eigenvalue weighted by Crippen LogP contribution is -1.98. The lowest BCUT2D eigenvalue weighted by molar-refractivity contribution is -0.384. The Morgan fingerprint density at radius 3 is 2.63 bits per heavy atom. The van der Waals surface area contributed by atoms with Crippen molar-refractivity contribution in [2.24, 2.45) is 0 Å². The molecule has 0 saturated carbocycles. The molecule has 3 aromatic carbocycles. The summed E-state index contributed by atoms with van der Waals surface area (Å²) in [6, 6.07) is 21.9. The molecule has 30 heavy (non-hydrogen) atoms. The normalized spacial score (nSPS) is 11.1. The number of ether oxygens (including phenoxy) is 1. The molecule has 7 heteroatoms. The van der Waals surface area contributed by atoms with E-state index >= 15 is 0 Å². The first-order chi connectivity index (χ1) is 14.7. The average molecular weight is 396 g/mol. The summed E-state index contributed by atoms with van der Waals surface area (Å²) in [7, 11) is 1.62. The minimum absolute atomic E-state index is 0.0115. The fraction of sp³-hybridized carbons (Fsp3) is 0.0435. The molecule has 7 nitrogen and oxygen atoms in total. The Labute approximate surface area is 171 Å². The molecule has 0 unspecified atom stereocenters. The summed E-state index contributed by atoms with van der Waals surface area (Å²) in [5, 5.41) is 17.9. The third-order valence-electron chi connectivity index (χ3n) is 5.04. The van der Waals surface area contributed by atoms with Crippen LogP contribution in [0.1, 0.15) is 0 Å². The summed E-state index contributed by atoms with van der Waals surface area (Å²) in [6.07, 6.45) is 1.80. The number of hydrogen-bond donors (Lipinski definition) is 0. The van der Waals surface area contributed by atoms with Crippen LogP contribution < -0.4 is 4.74 Å². The smallest absolute Gasteiger partial charge is 0.271 e. The summed E-state index contributed by atoms with van der Waals surface area (Å²) in [4.78, 5) is 15.5. The summed E-state index contributed by atoms with van der Waals surface area (Å²) < 4.78 is 7.12. The van der Waals surface area contributed by atoms with E-state index in [1.54, 1.807) is 24.1 Å². The molecule has 0 fully saturated rings. The van der Waals surface area contributed by atoms with Crippen LogP contribution in [0.3, 0.4) is 0 Å². The Kier molecular flexibility index (Phi) is 4.14. The highest BCUT2D eigenvalue weighted by Gasteiger charge is 2.18. The van der Waals surface area contributed by atoms with Crippen molar-refractivity contribution in [1.82, 2.24) is 14.8 Å². The lowest BCUT2D eigenvalue weighted by atomic mass is 10.1. The quantitative estimate of drug-likeness (QED) is 0.310. The Bertz CT molecular complexity index is 1420. The number of para-hydroxylation sites is 1. The topological polar surface area (TPSA) is 83.1 Å². The number of non-ortho nitro benzene ring substituents is 1. The molecular formula is C23H16N4O3. The van der Waals surface area contributed by atoms with Crippen molar-refractivity contribution in [2.45, 2.75) is 0 Å². The number of methoxy groups -OCH3 is 1. The fourth-order valence-electron chi connectivity index (χ4n) is 3.64. The van der Waals surface area contributed by atoms with Crippen LogP contribution in [-0.2, 0) is 0 Å². The molecule has 5 rings (SSSR count). The molecule has 0 saturated heterocycles. The highest BCUT2D eigenvalue weighted by Crippen LogP contribution is 2.35. The number of nitrogens with zero attached hydrogens (tertiary/aromatic N) is 4. The van der Waals surface area contributed by atoms with Crippen LogP contribution in [0.2, 0.25) is 0 Å². The molecule has 146 valence electrons. The van der Waals surface area contributed by atoms with E-state index in [0.717, 1.165) is 38.8 Å². The molecule has 0 atom stereocenters. The van der Waals surface area contributed by atoms with Crippen molar-refractivity contribution in [1.29, 1.82) is 0 Å². The van der Waals surface area contributed by atoms with Crippen molar-refractivity contribution < 1.29 is 9.66 Å². The van der Waals surface area contributed by atoms with E-state index < -0.39 is 4.92 Å². The third kappa shape index (κ3) is 2.84. The number of nitro groups is 1. The van der Waals surface area contributed by atoms with Gasteiger partial charge in [0.25, 0.3) is 5.69 Å². The molecule has 2 aromatic heterocycles. The van der Waals surface area contributed by atoms with Gasteiger partial charge in [-0.1, -0.05) is 36.4 Å². The second-order valence-corrected chi connectivity index (χ2v) is 6.81. The van der Waals surface area contributed by atoms with Gasteiger partial charge in [0, 0.05) is 34.7 Å². The molecule has 0 radical (unpaired) electrons. The second-order valence-electron chi connectivity index (χ2n) is 6.81. The zero-order chi connectivity index (χ0) is 20.7. The summed E-state index contributed by atoms with van der Waals surface area (Å²) in [6.45, 7) is 0. The first-order valence-corrected chi connectivity index (χ1v) is 9.31. The van der Waals surface area contributed by atoms with Gasteiger partial charge in [0.05, 0.1) is 28.8 Å². The van der Waals surface area contributed by atoms with Crippen molar-refractivity contribution in [3.63, 3.8) is 0 Å². The molecule has 0 aliphatic rings. The maximum absolute atomic E-state index is 11.3. The maximum Gasteiger partial charge on any atom is 0.271 e. The molecular weight excluding hydrogens is 380 g/mol. The zero-order valence-corrected chi connectivity index (χ0v) is 16.0. The predicted molar refractivity (Wildman–Crippen MR) is 115 cm³/mol. The van der Waals surface area contributed by atoms with E-state index in [4.69, 9.17) is 9.84 Å². The Morgan fingerprint density at radius 1 is 0.967 bits per heavy atom. The standard InChI is InChI=1S/C23H16N4O3/c1-30-18-9-4-6-15(12-18)22-20-14-24-21-11-3-2-10-19(21)23(20)26(25-22)16-7-5-8-17(13-16)27(28)29/h2-14H,1H3. The molecule has 0 bridgehead atoms. The maximum atomic E-state index is 11.3. The molecule has 0 aliphatic heterocycles. The van der Waals surface area contributed by atoms with Gasteiger partial charge in [-0.25, -0.2) is 4.68 Å². The van der Waals surface area contributed by atoms with Gasteiger partial charge in [-0.2, -0.15) is 5.10 Å². The van der Waals surface area contributed by atoms with Gasteiger partial charge in [0.15, 0.2) is 0 Å². The molecule has 0 N–H and O–H groups in total. The first-order valence-electron chi connectivity index (χ1n) is 9.31. The van der Waals surface area contributed by atoms with Crippen molar-refractivity contribution >= 4 is 27.5 Å². The van der Waals surface area contributed by atoms with E-state index in [0.29, 0.717) is 5.69 Å². The minimum Gasteiger partial charge on any atom is -0.497 e. The van der Waals surface area contributed by atoms with E-state index in [1.807, 2.05) is 54.6 Å². The van der Waals surface area contributed by atoms with E-state index in [2.05, 4.69) is 4.98 Å². The van der Waals surface area contributed by atoms with Gasteiger partial charge in [-0.3, -0.25) is 15.1 Å². The van der Waals surface area contributed by atoms with E-state index in [9.17, 15) is 10.1 Å². The number of pyridine rings is 1. The van der Waals surface area contributed by atoms with Crippen LogP contribution in [0.25, 0.3) is 38.8 Å². The van der Waals surface area contributed by atoms with Crippen LogP contribution in [0.4, 0.5) is 5.69 Å². The molecule has 2 heterocycles. The number of fused-ring (bicyclic) bond motifs is 3. The van der Waals surface area contributed by atoms with E-state index in [1.165, 1.54) is 12.1 Å². The number of benzene rings is 3. The largest absolute Gasteiger partial charge is 0.497 e. The predicted octanol–water partition coefficient (Wildman–Crippen LogP) is 5.16. The molecule has 0 spiro atoms. The number of hydrogen-bond acceptors (Lipinski definition) is 5. The lowest BCUT2D eigenvalue weighted by Gasteiger charge is -2.05. The van der Waals surface area contributed by atoms with Crippen LogP contribution in [-0.4, -0.2) is 26.8 Å². The third-order valence-corrected chi connectivity index (χ3v) is 5.04. The first kappa shape index (κ1) is 17.8. The van der Waals surface area contributed by atoms with Crippen molar-refractivity contribution in [3.05, 3.63) is 89.1 Å². The van der Waals surface area contributed by atoms with Gasteiger partial charge in [-0.05, 0) is 24.3 Å². The van der Waals surface area contributed by atoms with E-state index in [-0.39, 0.29) is 5.69 Å². The summed E-state index contributed by atoms with van der Waals surface area (Å²) >= 11 is 0.